The van der Waals surface area contributed by atoms with Crippen molar-refractivity contribution in [2.75, 3.05) is 31.1 Å². The Labute approximate surface area is 176 Å². The first-order valence-electron chi connectivity index (χ1n) is 11.0. The van der Waals surface area contributed by atoms with Crippen LogP contribution in [0.5, 0.6) is 5.75 Å². The number of ether oxygens (including phenoxy) is 1. The summed E-state index contributed by atoms with van der Waals surface area (Å²) in [5.41, 5.74) is 4.15. The molecule has 2 aromatic carbocycles. The molecule has 0 spiro atoms. The molecule has 2 atom stereocenters. The van der Waals surface area contributed by atoms with Gasteiger partial charge in [0.15, 0.2) is 0 Å². The molecule has 0 amide bonds. The lowest BCUT2D eigenvalue weighted by molar-refractivity contribution is 0.265. The Bertz CT molecular complexity index is 1140. The van der Waals surface area contributed by atoms with E-state index in [0.717, 1.165) is 61.5 Å². The topological polar surface area (TPSA) is 54.7 Å². The number of benzene rings is 2. The van der Waals surface area contributed by atoms with E-state index in [4.69, 9.17) is 9.15 Å². The summed E-state index contributed by atoms with van der Waals surface area (Å²) in [7, 11) is 0. The molecule has 3 aromatic rings. The highest BCUT2D eigenvalue weighted by molar-refractivity contribution is 5.84. The second kappa shape index (κ2) is 7.80. The van der Waals surface area contributed by atoms with E-state index in [1.165, 1.54) is 5.56 Å². The van der Waals surface area contributed by atoms with Crippen molar-refractivity contribution in [1.29, 1.82) is 0 Å². The summed E-state index contributed by atoms with van der Waals surface area (Å²) in [6.07, 6.45) is 2.09. The molecular formula is C25H28N2O3. The Morgan fingerprint density at radius 2 is 2.07 bits per heavy atom. The number of nitrogens with zero attached hydrogens (tertiary/aromatic N) is 1. The molecule has 0 aliphatic carbocycles. The van der Waals surface area contributed by atoms with Crippen LogP contribution >= 0.6 is 0 Å². The largest absolute Gasteiger partial charge is 0.493 e. The summed E-state index contributed by atoms with van der Waals surface area (Å²) in [4.78, 5) is 15.2. The summed E-state index contributed by atoms with van der Waals surface area (Å²) in [5.74, 6) is 1.42. The van der Waals surface area contributed by atoms with Gasteiger partial charge in [-0.05, 0) is 67.1 Å². The highest BCUT2D eigenvalue weighted by Gasteiger charge is 2.22. The third-order valence-electron chi connectivity index (χ3n) is 6.43. The van der Waals surface area contributed by atoms with E-state index in [2.05, 4.69) is 42.3 Å². The quantitative estimate of drug-likeness (QED) is 0.650. The fourth-order valence-corrected chi connectivity index (χ4v) is 4.72. The van der Waals surface area contributed by atoms with Crippen LogP contribution in [-0.4, -0.2) is 32.3 Å². The summed E-state index contributed by atoms with van der Waals surface area (Å²) in [6, 6.07) is 14.6. The van der Waals surface area contributed by atoms with Gasteiger partial charge in [-0.2, -0.15) is 0 Å². The lowest BCUT2D eigenvalue weighted by Gasteiger charge is -2.33. The van der Waals surface area contributed by atoms with Gasteiger partial charge in [-0.3, -0.25) is 0 Å². The molecule has 1 aromatic heterocycles. The molecule has 1 unspecified atom stereocenters. The average molecular weight is 405 g/mol. The molecule has 3 heterocycles. The molecule has 2 aliphatic rings. The Balaban J connectivity index is 1.52. The zero-order valence-electron chi connectivity index (χ0n) is 17.6. The molecule has 156 valence electrons. The highest BCUT2D eigenvalue weighted by Crippen LogP contribution is 2.38. The summed E-state index contributed by atoms with van der Waals surface area (Å²) in [5, 5.41) is 4.40. The summed E-state index contributed by atoms with van der Waals surface area (Å²) in [6.45, 7) is 8.01. The molecule has 1 fully saturated rings. The predicted octanol–water partition coefficient (Wildman–Crippen LogP) is 4.53. The van der Waals surface area contributed by atoms with E-state index in [0.29, 0.717) is 23.1 Å². The van der Waals surface area contributed by atoms with Crippen molar-refractivity contribution < 1.29 is 9.15 Å². The molecule has 0 saturated carbocycles. The minimum Gasteiger partial charge on any atom is -0.493 e. The second-order valence-corrected chi connectivity index (χ2v) is 8.47. The molecule has 30 heavy (non-hydrogen) atoms. The van der Waals surface area contributed by atoms with Crippen LogP contribution in [0.4, 0.5) is 5.69 Å². The maximum absolute atomic E-state index is 12.9. The van der Waals surface area contributed by atoms with Crippen LogP contribution in [0.25, 0.3) is 22.1 Å². The molecular weight excluding hydrogens is 376 g/mol. The van der Waals surface area contributed by atoms with Gasteiger partial charge in [0, 0.05) is 42.8 Å². The number of hydrogen-bond donors (Lipinski definition) is 1. The fourth-order valence-electron chi connectivity index (χ4n) is 4.72. The van der Waals surface area contributed by atoms with Gasteiger partial charge in [0.1, 0.15) is 11.3 Å². The van der Waals surface area contributed by atoms with Crippen LogP contribution in [0.1, 0.15) is 38.2 Å². The van der Waals surface area contributed by atoms with Crippen LogP contribution in [0, 0.1) is 0 Å². The van der Waals surface area contributed by atoms with Crippen LogP contribution in [-0.2, 0) is 0 Å². The SMILES string of the molecule is CCC1CCOc2ccc(-c3cc4ccc(N5CCN[C@H](C)C5)cc4oc3=O)cc21. The van der Waals surface area contributed by atoms with Crippen molar-refractivity contribution in [3.05, 3.63) is 58.4 Å². The third kappa shape index (κ3) is 3.47. The van der Waals surface area contributed by atoms with Gasteiger partial charge in [0.2, 0.25) is 0 Å². The minimum absolute atomic E-state index is 0.293. The number of rotatable bonds is 3. The predicted molar refractivity (Wildman–Crippen MR) is 121 cm³/mol. The first-order valence-corrected chi connectivity index (χ1v) is 11.0. The summed E-state index contributed by atoms with van der Waals surface area (Å²) >= 11 is 0. The van der Waals surface area contributed by atoms with Crippen molar-refractivity contribution in [3.8, 4) is 16.9 Å². The maximum atomic E-state index is 12.9. The first kappa shape index (κ1) is 19.2. The Kier molecular flexibility index (Phi) is 4.99. The number of fused-ring (bicyclic) bond motifs is 2. The Hall–Kier alpha value is -2.79. The van der Waals surface area contributed by atoms with E-state index < -0.39 is 0 Å². The Morgan fingerprint density at radius 3 is 2.90 bits per heavy atom. The van der Waals surface area contributed by atoms with Crippen molar-refractivity contribution in [2.45, 2.75) is 38.6 Å². The van der Waals surface area contributed by atoms with Crippen LogP contribution in [0.2, 0.25) is 0 Å². The zero-order chi connectivity index (χ0) is 20.7. The Morgan fingerprint density at radius 1 is 1.17 bits per heavy atom. The van der Waals surface area contributed by atoms with Crippen molar-refractivity contribution >= 4 is 16.7 Å². The van der Waals surface area contributed by atoms with Gasteiger partial charge >= 0.3 is 5.63 Å². The number of nitrogens with one attached hydrogen (secondary N) is 1. The third-order valence-corrected chi connectivity index (χ3v) is 6.43. The number of hydrogen-bond acceptors (Lipinski definition) is 5. The van der Waals surface area contributed by atoms with Crippen molar-refractivity contribution in [1.82, 2.24) is 5.32 Å². The van der Waals surface area contributed by atoms with E-state index in [-0.39, 0.29) is 5.63 Å². The van der Waals surface area contributed by atoms with E-state index >= 15 is 0 Å². The van der Waals surface area contributed by atoms with E-state index in [9.17, 15) is 4.79 Å². The smallest absolute Gasteiger partial charge is 0.344 e. The first-order chi connectivity index (χ1) is 14.6. The van der Waals surface area contributed by atoms with Crippen molar-refractivity contribution in [2.24, 2.45) is 0 Å². The van der Waals surface area contributed by atoms with Gasteiger partial charge in [0.25, 0.3) is 0 Å². The van der Waals surface area contributed by atoms with E-state index in [1.807, 2.05) is 24.3 Å². The highest BCUT2D eigenvalue weighted by atomic mass is 16.5. The lowest BCUT2D eigenvalue weighted by Crippen LogP contribution is -2.49. The lowest BCUT2D eigenvalue weighted by atomic mass is 9.89. The molecule has 0 radical (unpaired) electrons. The average Bonchev–Trinajstić information content (AvgIpc) is 2.77. The molecule has 5 rings (SSSR count). The maximum Gasteiger partial charge on any atom is 0.344 e. The van der Waals surface area contributed by atoms with Crippen LogP contribution in [0.15, 0.2) is 51.7 Å². The van der Waals surface area contributed by atoms with Crippen LogP contribution < -0.4 is 20.6 Å². The fraction of sp³-hybridized carbons (Fsp3) is 0.400. The number of anilines is 1. The van der Waals surface area contributed by atoms with Crippen molar-refractivity contribution in [3.63, 3.8) is 0 Å². The minimum atomic E-state index is -0.293. The van der Waals surface area contributed by atoms with Gasteiger partial charge < -0.3 is 19.4 Å². The molecule has 2 aliphatic heterocycles. The van der Waals surface area contributed by atoms with Gasteiger partial charge in [-0.1, -0.05) is 13.0 Å². The van der Waals surface area contributed by atoms with Crippen LogP contribution in [0.3, 0.4) is 0 Å². The molecule has 1 N–H and O–H groups in total. The van der Waals surface area contributed by atoms with Gasteiger partial charge in [-0.15, -0.1) is 0 Å². The standard InChI is InChI=1S/C25H28N2O3/c1-3-17-8-11-29-23-7-5-18(12-21(17)23)22-13-19-4-6-20(14-24(19)30-25(22)28)27-10-9-26-16(2)15-27/h4-7,12-14,16-17,26H,3,8-11,15H2,1-2H3/t16-,17?/m1/s1. The van der Waals surface area contributed by atoms with Gasteiger partial charge in [-0.25, -0.2) is 4.79 Å². The molecule has 0 bridgehead atoms. The molecule has 5 heteroatoms. The van der Waals surface area contributed by atoms with E-state index in [1.54, 1.807) is 0 Å². The summed E-state index contributed by atoms with van der Waals surface area (Å²) < 4.78 is 11.6. The normalized spacial score (nSPS) is 21.3. The van der Waals surface area contributed by atoms with Gasteiger partial charge in [0.05, 0.1) is 12.2 Å². The molecule has 1 saturated heterocycles. The number of piperazine rings is 1. The zero-order valence-corrected chi connectivity index (χ0v) is 17.6. The monoisotopic (exact) mass is 404 g/mol. The second-order valence-electron chi connectivity index (χ2n) is 8.47. The molecule has 5 nitrogen and oxygen atoms in total.